The molecule has 1 amide bonds. The smallest absolute Gasteiger partial charge is 0.222 e. The monoisotopic (exact) mass is 211 g/mol. The van der Waals surface area contributed by atoms with Gasteiger partial charge < -0.3 is 10.4 Å². The quantitative estimate of drug-likeness (QED) is 0.742. The lowest BCUT2D eigenvalue weighted by Crippen LogP contribution is -2.80. The molecule has 2 bridgehead atoms. The molecule has 0 heterocycles. The fourth-order valence-corrected chi connectivity index (χ4v) is 2.98. The normalized spacial score (nSPS) is 38.3. The molecule has 3 heteroatoms. The summed E-state index contributed by atoms with van der Waals surface area (Å²) in [6.07, 6.45) is 2.84. The number of nitrogens with one attached hydrogen (secondary N) is 1. The van der Waals surface area contributed by atoms with Gasteiger partial charge in [0.15, 0.2) is 0 Å². The highest BCUT2D eigenvalue weighted by molar-refractivity contribution is 5.79. The Balaban J connectivity index is 1.91. The lowest BCUT2D eigenvalue weighted by atomic mass is 9.35. The van der Waals surface area contributed by atoms with E-state index in [1.54, 1.807) is 0 Å². The third kappa shape index (κ3) is 1.40. The van der Waals surface area contributed by atoms with E-state index in [-0.39, 0.29) is 22.8 Å². The fourth-order valence-electron chi connectivity index (χ4n) is 2.98. The summed E-state index contributed by atoms with van der Waals surface area (Å²) in [6.45, 7) is 7.57. The molecular formula is C12H21NO2. The van der Waals surface area contributed by atoms with E-state index in [4.69, 9.17) is 0 Å². The zero-order valence-corrected chi connectivity index (χ0v) is 10.1. The molecule has 0 aromatic heterocycles. The first-order chi connectivity index (χ1) is 6.70. The van der Waals surface area contributed by atoms with Crippen molar-refractivity contribution in [2.45, 2.75) is 58.1 Å². The zero-order chi connectivity index (χ0) is 11.5. The highest BCUT2D eigenvalue weighted by atomic mass is 16.3. The van der Waals surface area contributed by atoms with E-state index in [1.807, 2.05) is 27.7 Å². The Bertz CT molecular complexity index is 281. The number of hydrogen-bond acceptors (Lipinski definition) is 2. The molecule has 3 aliphatic rings. The molecule has 0 radical (unpaired) electrons. The number of hydrogen-bond donors (Lipinski definition) is 2. The van der Waals surface area contributed by atoms with Gasteiger partial charge in [-0.05, 0) is 33.1 Å². The Labute approximate surface area is 91.2 Å². The van der Waals surface area contributed by atoms with E-state index in [1.165, 1.54) is 0 Å². The van der Waals surface area contributed by atoms with Crippen molar-refractivity contribution >= 4 is 5.91 Å². The van der Waals surface area contributed by atoms with Crippen LogP contribution in [0.15, 0.2) is 0 Å². The van der Waals surface area contributed by atoms with E-state index in [0.29, 0.717) is 0 Å². The number of carbonyl (C=O) groups excluding carboxylic acids is 1. The Morgan fingerprint density at radius 3 is 2.13 bits per heavy atom. The van der Waals surface area contributed by atoms with E-state index in [9.17, 15) is 9.90 Å². The van der Waals surface area contributed by atoms with Crippen molar-refractivity contribution in [1.82, 2.24) is 5.32 Å². The standard InChI is InChI=1S/C12H21NO2/c1-8(2)9(14)13-12-5-11(6-12,7-12)10(3,4)15/h8,15H,5-7H2,1-4H3,(H,13,14). The summed E-state index contributed by atoms with van der Waals surface area (Å²) in [7, 11) is 0. The second-order valence-electron chi connectivity index (χ2n) is 6.29. The second kappa shape index (κ2) is 2.76. The van der Waals surface area contributed by atoms with Gasteiger partial charge in [-0.25, -0.2) is 0 Å². The van der Waals surface area contributed by atoms with Gasteiger partial charge >= 0.3 is 0 Å². The average Bonchev–Trinajstić information content (AvgIpc) is 1.89. The summed E-state index contributed by atoms with van der Waals surface area (Å²) in [4.78, 5) is 11.6. The summed E-state index contributed by atoms with van der Waals surface area (Å²) in [6, 6.07) is 0. The minimum Gasteiger partial charge on any atom is -0.390 e. The van der Waals surface area contributed by atoms with E-state index in [2.05, 4.69) is 5.32 Å². The number of amides is 1. The molecule has 0 atom stereocenters. The van der Waals surface area contributed by atoms with Crippen LogP contribution < -0.4 is 5.32 Å². The third-order valence-electron chi connectivity index (χ3n) is 4.24. The molecule has 0 aromatic carbocycles. The fraction of sp³-hybridized carbons (Fsp3) is 0.917. The highest BCUT2D eigenvalue weighted by Crippen LogP contribution is 2.71. The van der Waals surface area contributed by atoms with Crippen LogP contribution in [0.4, 0.5) is 0 Å². The van der Waals surface area contributed by atoms with E-state index >= 15 is 0 Å². The Kier molecular flexibility index (Phi) is 2.01. The Hall–Kier alpha value is -0.570. The first kappa shape index (κ1) is 10.9. The van der Waals surface area contributed by atoms with Crippen LogP contribution in [-0.2, 0) is 4.79 Å². The Morgan fingerprint density at radius 2 is 1.80 bits per heavy atom. The summed E-state index contributed by atoms with van der Waals surface area (Å²) in [5, 5.41) is 13.1. The molecule has 0 aliphatic heterocycles. The summed E-state index contributed by atoms with van der Waals surface area (Å²) in [5.74, 6) is 0.191. The lowest BCUT2D eigenvalue weighted by Gasteiger charge is -2.74. The molecular weight excluding hydrogens is 190 g/mol. The maximum absolute atomic E-state index is 11.6. The Morgan fingerprint density at radius 1 is 1.33 bits per heavy atom. The van der Waals surface area contributed by atoms with E-state index in [0.717, 1.165) is 19.3 Å². The van der Waals surface area contributed by atoms with Gasteiger partial charge in [-0.3, -0.25) is 4.79 Å². The zero-order valence-electron chi connectivity index (χ0n) is 10.1. The minimum atomic E-state index is -0.600. The van der Waals surface area contributed by atoms with Crippen LogP contribution in [0.25, 0.3) is 0 Å². The number of aliphatic hydroxyl groups is 1. The minimum absolute atomic E-state index is 0.0291. The maximum atomic E-state index is 11.6. The number of carbonyl (C=O) groups is 1. The largest absolute Gasteiger partial charge is 0.390 e. The topological polar surface area (TPSA) is 49.3 Å². The first-order valence-corrected chi connectivity index (χ1v) is 5.74. The van der Waals surface area contributed by atoms with Crippen LogP contribution >= 0.6 is 0 Å². The SMILES string of the molecule is CC(C)C(=O)NC12CC(C(C)(C)O)(C1)C2. The number of rotatable bonds is 3. The second-order valence-corrected chi connectivity index (χ2v) is 6.29. The van der Waals surface area contributed by atoms with Crippen LogP contribution in [0, 0.1) is 11.3 Å². The van der Waals surface area contributed by atoms with Crippen LogP contribution in [-0.4, -0.2) is 22.2 Å². The van der Waals surface area contributed by atoms with Crippen molar-refractivity contribution in [3.05, 3.63) is 0 Å². The van der Waals surface area contributed by atoms with Gasteiger partial charge in [-0.15, -0.1) is 0 Å². The molecule has 0 saturated heterocycles. The maximum Gasteiger partial charge on any atom is 0.222 e. The third-order valence-corrected chi connectivity index (χ3v) is 4.24. The average molecular weight is 211 g/mol. The molecule has 15 heavy (non-hydrogen) atoms. The molecule has 3 nitrogen and oxygen atoms in total. The van der Waals surface area contributed by atoms with Crippen molar-refractivity contribution in [3.8, 4) is 0 Å². The van der Waals surface area contributed by atoms with Crippen molar-refractivity contribution < 1.29 is 9.90 Å². The van der Waals surface area contributed by atoms with Gasteiger partial charge in [-0.2, -0.15) is 0 Å². The molecule has 0 unspecified atom stereocenters. The van der Waals surface area contributed by atoms with Crippen LogP contribution in [0.2, 0.25) is 0 Å². The van der Waals surface area contributed by atoms with E-state index < -0.39 is 5.60 Å². The van der Waals surface area contributed by atoms with Crippen molar-refractivity contribution in [2.75, 3.05) is 0 Å². The predicted molar refractivity (Wildman–Crippen MR) is 58.3 cm³/mol. The summed E-state index contributed by atoms with van der Waals surface area (Å²) < 4.78 is 0. The first-order valence-electron chi connectivity index (χ1n) is 5.74. The van der Waals surface area contributed by atoms with Crippen LogP contribution in [0.1, 0.15) is 47.0 Å². The molecule has 3 saturated carbocycles. The van der Waals surface area contributed by atoms with Crippen LogP contribution in [0.3, 0.4) is 0 Å². The molecule has 3 fully saturated rings. The van der Waals surface area contributed by atoms with Gasteiger partial charge in [0.05, 0.1) is 5.60 Å². The molecule has 2 N–H and O–H groups in total. The van der Waals surface area contributed by atoms with Crippen LogP contribution in [0.5, 0.6) is 0 Å². The van der Waals surface area contributed by atoms with Gasteiger partial charge in [0, 0.05) is 16.9 Å². The van der Waals surface area contributed by atoms with Gasteiger partial charge in [0.2, 0.25) is 5.91 Å². The molecule has 86 valence electrons. The van der Waals surface area contributed by atoms with Crippen molar-refractivity contribution in [2.24, 2.45) is 11.3 Å². The van der Waals surface area contributed by atoms with Gasteiger partial charge in [-0.1, -0.05) is 13.8 Å². The molecule has 3 rings (SSSR count). The highest BCUT2D eigenvalue weighted by Gasteiger charge is 2.73. The predicted octanol–water partition coefficient (Wildman–Crippen LogP) is 1.45. The molecule has 3 aliphatic carbocycles. The van der Waals surface area contributed by atoms with Crippen molar-refractivity contribution in [3.63, 3.8) is 0 Å². The summed E-state index contributed by atoms with van der Waals surface area (Å²) >= 11 is 0. The summed E-state index contributed by atoms with van der Waals surface area (Å²) in [5.41, 5.74) is -0.490. The van der Waals surface area contributed by atoms with Crippen molar-refractivity contribution in [1.29, 1.82) is 0 Å². The molecule has 0 aromatic rings. The van der Waals surface area contributed by atoms with Gasteiger partial charge in [0.1, 0.15) is 0 Å². The lowest BCUT2D eigenvalue weighted by molar-refractivity contribution is -0.250. The molecule has 0 spiro atoms. The van der Waals surface area contributed by atoms with Gasteiger partial charge in [0.25, 0.3) is 0 Å².